The van der Waals surface area contributed by atoms with Crippen molar-refractivity contribution in [2.45, 2.75) is 54.8 Å². The van der Waals surface area contributed by atoms with Crippen molar-refractivity contribution in [2.75, 3.05) is 0 Å². The Balaban J connectivity index is 1.96. The fourth-order valence-corrected chi connectivity index (χ4v) is 3.69. The average Bonchev–Trinajstić information content (AvgIpc) is 2.44. The lowest BCUT2D eigenvalue weighted by atomic mass is 10.0. The van der Waals surface area contributed by atoms with Crippen LogP contribution in [0.15, 0.2) is 24.3 Å². The first-order valence-corrected chi connectivity index (χ1v) is 9.24. The smallest absolute Gasteiger partial charge is 0.114 e. The summed E-state index contributed by atoms with van der Waals surface area (Å²) in [7, 11) is -2.14. The minimum Gasteiger partial charge on any atom is -0.114 e. The summed E-state index contributed by atoms with van der Waals surface area (Å²) in [5.74, 6) is 0. The van der Waals surface area contributed by atoms with Crippen LogP contribution in [0.5, 0.6) is 0 Å². The molecule has 0 heterocycles. The highest BCUT2D eigenvalue weighted by Crippen LogP contribution is 2.30. The first kappa shape index (κ1) is 18.8. The van der Waals surface area contributed by atoms with Crippen molar-refractivity contribution in [3.63, 3.8) is 0 Å². The van der Waals surface area contributed by atoms with Crippen LogP contribution in [-0.4, -0.2) is 0 Å². The lowest BCUT2D eigenvalue weighted by Gasteiger charge is -2.09. The molecule has 4 heteroatoms. The summed E-state index contributed by atoms with van der Waals surface area (Å²) in [5.41, 5.74) is 9.22. The molecule has 0 atom stereocenters. The van der Waals surface area contributed by atoms with Gasteiger partial charge in [0, 0.05) is 4.57 Å². The monoisotopic (exact) mass is 345 g/mol. The molecule has 0 bridgehead atoms. The zero-order valence-corrected chi connectivity index (χ0v) is 16.3. The Labute approximate surface area is 146 Å². The topological polar surface area (TPSA) is 35.5 Å². The molecule has 2 rings (SSSR count). The van der Waals surface area contributed by atoms with Gasteiger partial charge >= 0.3 is 8.25 Å². The Morgan fingerprint density at radius 3 is 1.25 bits per heavy atom. The van der Waals surface area contributed by atoms with E-state index in [1.807, 2.05) is 27.7 Å². The van der Waals surface area contributed by atoms with E-state index in [9.17, 15) is 4.57 Å². The van der Waals surface area contributed by atoms with Gasteiger partial charge in [-0.3, -0.25) is 0 Å². The second kappa shape index (κ2) is 8.02. The van der Waals surface area contributed by atoms with Crippen LogP contribution in [0, 0.1) is 41.5 Å². The van der Waals surface area contributed by atoms with Crippen LogP contribution < -0.4 is 0 Å². The fraction of sp³-hybridized carbons (Fsp3) is 0.400. The second-order valence-corrected chi connectivity index (χ2v) is 7.49. The highest BCUT2D eigenvalue weighted by atomic mass is 31.1. The minimum absolute atomic E-state index is 0.305. The quantitative estimate of drug-likeness (QED) is 0.609. The van der Waals surface area contributed by atoms with Gasteiger partial charge in [0.05, 0.1) is 0 Å². The third kappa shape index (κ3) is 4.73. The Hall–Kier alpha value is -1.54. The third-order valence-corrected chi connectivity index (χ3v) is 4.99. The molecular formula is C20H26O3P+. The number of aryl methyl sites for hydroxylation is 6. The molecule has 0 aliphatic carbocycles. The van der Waals surface area contributed by atoms with Gasteiger partial charge < -0.3 is 0 Å². The third-order valence-electron chi connectivity index (χ3n) is 4.31. The van der Waals surface area contributed by atoms with E-state index < -0.39 is 8.25 Å². The normalized spacial score (nSPS) is 10.9. The van der Waals surface area contributed by atoms with Crippen molar-refractivity contribution in [2.24, 2.45) is 0 Å². The van der Waals surface area contributed by atoms with E-state index in [-0.39, 0.29) is 0 Å². The van der Waals surface area contributed by atoms with Gasteiger partial charge in [0.1, 0.15) is 13.2 Å². The van der Waals surface area contributed by atoms with Crippen molar-refractivity contribution < 1.29 is 13.6 Å². The standard InChI is InChI=1S/C20H26O3P/c1-13-7-15(3)19(16(4)8-13)11-22-24(21)23-12-20-17(5)9-14(2)10-18(20)6/h7-10H,11-12H2,1-6H3/q+1. The Morgan fingerprint density at radius 1 is 0.667 bits per heavy atom. The van der Waals surface area contributed by atoms with Crippen LogP contribution in [0.1, 0.15) is 44.5 Å². The Morgan fingerprint density at radius 2 is 0.958 bits per heavy atom. The maximum Gasteiger partial charge on any atom is 0.698 e. The Kier molecular flexibility index (Phi) is 6.28. The van der Waals surface area contributed by atoms with Crippen LogP contribution in [0.2, 0.25) is 0 Å². The first-order valence-electron chi connectivity index (χ1n) is 8.14. The molecule has 0 N–H and O–H groups in total. The highest BCUT2D eigenvalue weighted by Gasteiger charge is 2.22. The summed E-state index contributed by atoms with van der Waals surface area (Å²) in [5, 5.41) is 0. The number of rotatable bonds is 6. The summed E-state index contributed by atoms with van der Waals surface area (Å²) >= 11 is 0. The van der Waals surface area contributed by atoms with Gasteiger partial charge in [0.15, 0.2) is 0 Å². The molecule has 0 saturated carbocycles. The van der Waals surface area contributed by atoms with E-state index >= 15 is 0 Å². The van der Waals surface area contributed by atoms with Crippen LogP contribution in [-0.2, 0) is 26.8 Å². The molecule has 128 valence electrons. The van der Waals surface area contributed by atoms with Gasteiger partial charge in [-0.15, -0.1) is 9.05 Å². The van der Waals surface area contributed by atoms with Crippen molar-refractivity contribution in [3.05, 3.63) is 68.8 Å². The number of benzene rings is 2. The molecule has 0 aliphatic rings. The van der Waals surface area contributed by atoms with Gasteiger partial charge in [0.25, 0.3) is 0 Å². The minimum atomic E-state index is -2.14. The lowest BCUT2D eigenvalue weighted by Crippen LogP contribution is -1.98. The maximum atomic E-state index is 12.1. The molecule has 0 amide bonds. The predicted octanol–water partition coefficient (Wildman–Crippen LogP) is 5.93. The van der Waals surface area contributed by atoms with E-state index in [0.717, 1.165) is 33.4 Å². The van der Waals surface area contributed by atoms with Crippen molar-refractivity contribution >= 4 is 8.25 Å². The van der Waals surface area contributed by atoms with E-state index in [4.69, 9.17) is 9.05 Å². The van der Waals surface area contributed by atoms with Gasteiger partial charge in [-0.05, 0) is 74.9 Å². The zero-order chi connectivity index (χ0) is 17.9. The summed E-state index contributed by atoms with van der Waals surface area (Å²) in [6.07, 6.45) is 0. The van der Waals surface area contributed by atoms with Crippen molar-refractivity contribution in [1.29, 1.82) is 0 Å². The van der Waals surface area contributed by atoms with Crippen LogP contribution in [0.3, 0.4) is 0 Å². The molecule has 2 aromatic carbocycles. The summed E-state index contributed by atoms with van der Waals surface area (Å²) in [4.78, 5) is 0. The fourth-order valence-electron chi connectivity index (χ4n) is 3.15. The van der Waals surface area contributed by atoms with Gasteiger partial charge in [-0.25, -0.2) is 0 Å². The predicted molar refractivity (Wildman–Crippen MR) is 98.5 cm³/mol. The summed E-state index contributed by atoms with van der Waals surface area (Å²) in [6, 6.07) is 8.44. The highest BCUT2D eigenvalue weighted by molar-refractivity contribution is 7.33. The molecule has 0 saturated heterocycles. The first-order chi connectivity index (χ1) is 11.3. The second-order valence-electron chi connectivity index (χ2n) is 6.53. The SMILES string of the molecule is Cc1cc(C)c(CO[P+](=O)OCc2c(C)cc(C)cc2C)c(C)c1. The molecule has 2 aromatic rings. The molecule has 0 fully saturated rings. The Bertz CT molecular complexity index is 656. The number of hydrogen-bond donors (Lipinski definition) is 0. The zero-order valence-electron chi connectivity index (χ0n) is 15.4. The number of hydrogen-bond acceptors (Lipinski definition) is 3. The van der Waals surface area contributed by atoms with Gasteiger partial charge in [0.2, 0.25) is 0 Å². The van der Waals surface area contributed by atoms with Gasteiger partial charge in [-0.2, -0.15) is 0 Å². The molecule has 0 unspecified atom stereocenters. The van der Waals surface area contributed by atoms with Crippen LogP contribution >= 0.6 is 8.25 Å². The summed E-state index contributed by atoms with van der Waals surface area (Å²) in [6.45, 7) is 12.9. The van der Waals surface area contributed by atoms with Crippen molar-refractivity contribution in [1.82, 2.24) is 0 Å². The van der Waals surface area contributed by atoms with Crippen molar-refractivity contribution in [3.8, 4) is 0 Å². The van der Waals surface area contributed by atoms with Crippen LogP contribution in [0.25, 0.3) is 0 Å². The molecule has 0 aromatic heterocycles. The van der Waals surface area contributed by atoms with Crippen LogP contribution in [0.4, 0.5) is 0 Å². The summed E-state index contributed by atoms with van der Waals surface area (Å²) < 4.78 is 23.0. The maximum absolute atomic E-state index is 12.1. The molecular weight excluding hydrogens is 319 g/mol. The lowest BCUT2D eigenvalue weighted by molar-refractivity contribution is 0.212. The van der Waals surface area contributed by atoms with E-state index in [0.29, 0.717) is 13.2 Å². The van der Waals surface area contributed by atoms with E-state index in [1.54, 1.807) is 0 Å². The molecule has 3 nitrogen and oxygen atoms in total. The average molecular weight is 345 g/mol. The largest absolute Gasteiger partial charge is 0.698 e. The molecule has 0 radical (unpaired) electrons. The van der Waals surface area contributed by atoms with Gasteiger partial charge in [-0.1, -0.05) is 35.4 Å². The van der Waals surface area contributed by atoms with E-state index in [1.165, 1.54) is 11.1 Å². The molecule has 24 heavy (non-hydrogen) atoms. The molecule has 0 aliphatic heterocycles. The molecule has 0 spiro atoms. The van der Waals surface area contributed by atoms with E-state index in [2.05, 4.69) is 38.1 Å².